The van der Waals surface area contributed by atoms with Gasteiger partial charge in [-0.25, -0.2) is 17.5 Å². The SMILES string of the molecule is CCC(=C(c1ccc(C=CC(=O)NS(C)(=O)=O)cc1)c1ccc2c(cnn2C)c1)c1ccc(F)cc1Cl. The Morgan fingerprint density at radius 2 is 1.78 bits per heavy atom. The van der Waals surface area contributed by atoms with Crippen molar-refractivity contribution in [1.29, 1.82) is 0 Å². The third kappa shape index (κ3) is 6.15. The molecule has 190 valence electrons. The number of carbonyl (C=O) groups is 1. The highest BCUT2D eigenvalue weighted by Gasteiger charge is 2.17. The van der Waals surface area contributed by atoms with E-state index in [-0.39, 0.29) is 0 Å². The van der Waals surface area contributed by atoms with Gasteiger partial charge in [-0.3, -0.25) is 9.48 Å². The lowest BCUT2D eigenvalue weighted by Gasteiger charge is -2.18. The Morgan fingerprint density at radius 3 is 2.43 bits per heavy atom. The number of benzene rings is 3. The van der Waals surface area contributed by atoms with Gasteiger partial charge in [0.05, 0.1) is 23.0 Å². The van der Waals surface area contributed by atoms with Crippen LogP contribution in [0.25, 0.3) is 28.1 Å². The van der Waals surface area contributed by atoms with Crippen LogP contribution in [-0.2, 0) is 21.9 Å². The van der Waals surface area contributed by atoms with Gasteiger partial charge in [-0.05, 0) is 70.2 Å². The van der Waals surface area contributed by atoms with Gasteiger partial charge >= 0.3 is 0 Å². The molecule has 0 fully saturated rings. The van der Waals surface area contributed by atoms with E-state index in [2.05, 4.69) is 11.2 Å². The molecule has 9 heteroatoms. The average Bonchev–Trinajstić information content (AvgIpc) is 3.21. The highest BCUT2D eigenvalue weighted by atomic mass is 35.5. The number of aromatic nitrogens is 2. The fourth-order valence-corrected chi connectivity index (χ4v) is 4.93. The van der Waals surface area contributed by atoms with Crippen LogP contribution in [0.5, 0.6) is 0 Å². The molecule has 0 unspecified atom stereocenters. The molecule has 3 aromatic carbocycles. The van der Waals surface area contributed by atoms with Crippen molar-refractivity contribution in [3.8, 4) is 0 Å². The molecule has 0 saturated carbocycles. The Balaban J connectivity index is 1.83. The molecule has 6 nitrogen and oxygen atoms in total. The number of nitrogens with one attached hydrogen (secondary N) is 1. The molecule has 0 bridgehead atoms. The summed E-state index contributed by atoms with van der Waals surface area (Å²) in [5.41, 5.74) is 6.19. The second kappa shape index (κ2) is 10.7. The topological polar surface area (TPSA) is 81.1 Å². The molecule has 4 aromatic rings. The molecule has 0 saturated heterocycles. The fourth-order valence-electron chi connectivity index (χ4n) is 4.22. The maximum Gasteiger partial charge on any atom is 0.257 e. The molecule has 0 atom stereocenters. The summed E-state index contributed by atoms with van der Waals surface area (Å²) in [5.74, 6) is -1.13. The average molecular weight is 538 g/mol. The summed E-state index contributed by atoms with van der Waals surface area (Å²) in [5, 5.41) is 5.65. The van der Waals surface area contributed by atoms with E-state index in [9.17, 15) is 17.6 Å². The van der Waals surface area contributed by atoms with Crippen LogP contribution in [0.15, 0.2) is 72.9 Å². The van der Waals surface area contributed by atoms with E-state index in [0.29, 0.717) is 17.0 Å². The number of rotatable bonds is 7. The highest BCUT2D eigenvalue weighted by Crippen LogP contribution is 2.38. The zero-order valence-electron chi connectivity index (χ0n) is 20.5. The van der Waals surface area contributed by atoms with Gasteiger partial charge in [-0.1, -0.05) is 54.9 Å². The van der Waals surface area contributed by atoms with Gasteiger partial charge in [0.25, 0.3) is 5.91 Å². The van der Waals surface area contributed by atoms with Gasteiger partial charge in [0, 0.05) is 18.5 Å². The number of amides is 1. The van der Waals surface area contributed by atoms with Crippen LogP contribution >= 0.6 is 11.6 Å². The predicted molar refractivity (Wildman–Crippen MR) is 147 cm³/mol. The smallest absolute Gasteiger partial charge is 0.257 e. The van der Waals surface area contributed by atoms with Crippen LogP contribution in [0.2, 0.25) is 5.02 Å². The maximum absolute atomic E-state index is 13.8. The second-order valence-electron chi connectivity index (χ2n) is 8.57. The molecule has 0 aliphatic rings. The quantitative estimate of drug-likeness (QED) is 0.238. The molecule has 1 N–H and O–H groups in total. The van der Waals surface area contributed by atoms with E-state index >= 15 is 0 Å². The minimum atomic E-state index is -3.63. The first-order valence-electron chi connectivity index (χ1n) is 11.5. The van der Waals surface area contributed by atoms with Gasteiger partial charge in [-0.2, -0.15) is 5.10 Å². The zero-order valence-corrected chi connectivity index (χ0v) is 22.1. The van der Waals surface area contributed by atoms with Crippen molar-refractivity contribution in [1.82, 2.24) is 14.5 Å². The van der Waals surface area contributed by atoms with E-state index in [1.165, 1.54) is 24.3 Å². The largest absolute Gasteiger partial charge is 0.269 e. The third-order valence-electron chi connectivity index (χ3n) is 5.86. The van der Waals surface area contributed by atoms with E-state index in [4.69, 9.17) is 11.6 Å². The number of nitrogens with zero attached hydrogens (tertiary/aromatic N) is 2. The Kier molecular flexibility index (Phi) is 7.61. The van der Waals surface area contributed by atoms with Crippen molar-refractivity contribution in [3.05, 3.63) is 106 Å². The summed E-state index contributed by atoms with van der Waals surface area (Å²) >= 11 is 6.49. The fraction of sp³-hybridized carbons (Fsp3) is 0.143. The van der Waals surface area contributed by atoms with Crippen LogP contribution in [0.4, 0.5) is 4.39 Å². The molecule has 4 rings (SSSR count). The van der Waals surface area contributed by atoms with Crippen molar-refractivity contribution in [2.45, 2.75) is 13.3 Å². The summed E-state index contributed by atoms with van der Waals surface area (Å²) in [7, 11) is -1.75. The summed E-state index contributed by atoms with van der Waals surface area (Å²) in [6.45, 7) is 2.02. The van der Waals surface area contributed by atoms with Crippen LogP contribution < -0.4 is 4.72 Å². The lowest BCUT2D eigenvalue weighted by atomic mass is 9.87. The number of fused-ring (bicyclic) bond motifs is 1. The molecular formula is C28H25ClFN3O3S. The molecule has 0 spiro atoms. The van der Waals surface area contributed by atoms with E-state index in [1.807, 2.05) is 61.3 Å². The number of hydrogen-bond acceptors (Lipinski definition) is 4. The summed E-state index contributed by atoms with van der Waals surface area (Å²) < 4.78 is 40.0. The Hall–Kier alpha value is -3.75. The first-order valence-corrected chi connectivity index (χ1v) is 13.7. The minimum absolute atomic E-state index is 0.327. The molecule has 0 aliphatic heterocycles. The molecular weight excluding hydrogens is 513 g/mol. The number of hydrogen-bond donors (Lipinski definition) is 1. The number of aryl methyl sites for hydroxylation is 1. The Bertz CT molecular complexity index is 1660. The molecule has 1 heterocycles. The first-order chi connectivity index (χ1) is 17.6. The molecule has 0 aliphatic carbocycles. The van der Waals surface area contributed by atoms with Gasteiger partial charge < -0.3 is 0 Å². The van der Waals surface area contributed by atoms with Crippen molar-refractivity contribution in [2.75, 3.05) is 6.26 Å². The van der Waals surface area contributed by atoms with Crippen molar-refractivity contribution in [3.63, 3.8) is 0 Å². The predicted octanol–water partition coefficient (Wildman–Crippen LogP) is 5.82. The Labute approximate surface area is 220 Å². The van der Waals surface area contributed by atoms with Crippen LogP contribution in [-0.4, -0.2) is 30.4 Å². The van der Waals surface area contributed by atoms with E-state index in [1.54, 1.807) is 10.7 Å². The van der Waals surface area contributed by atoms with Gasteiger partial charge in [-0.15, -0.1) is 0 Å². The van der Waals surface area contributed by atoms with Crippen molar-refractivity contribution in [2.24, 2.45) is 7.05 Å². The number of carbonyl (C=O) groups excluding carboxylic acids is 1. The molecule has 1 aromatic heterocycles. The summed E-state index contributed by atoms with van der Waals surface area (Å²) in [6.07, 6.45) is 6.07. The number of sulfonamides is 1. The summed E-state index contributed by atoms with van der Waals surface area (Å²) in [4.78, 5) is 11.8. The minimum Gasteiger partial charge on any atom is -0.269 e. The monoisotopic (exact) mass is 537 g/mol. The molecule has 0 radical (unpaired) electrons. The standard InChI is InChI=1S/C28H25ClFN3O3S/c1-4-23(24-12-11-22(30)16-25(24)29)28(20-10-13-26-21(15-20)17-31-33(26)2)19-8-5-18(6-9-19)7-14-27(34)32-37(3,35)36/h5-17H,4H2,1-3H3,(H,32,34). The van der Waals surface area contributed by atoms with Gasteiger partial charge in [0.15, 0.2) is 0 Å². The third-order valence-corrected chi connectivity index (χ3v) is 6.74. The van der Waals surface area contributed by atoms with Gasteiger partial charge in [0.2, 0.25) is 10.0 Å². The maximum atomic E-state index is 13.8. The van der Waals surface area contributed by atoms with Crippen molar-refractivity contribution < 1.29 is 17.6 Å². The van der Waals surface area contributed by atoms with Crippen molar-refractivity contribution >= 4 is 55.7 Å². The second-order valence-corrected chi connectivity index (χ2v) is 10.7. The molecule has 37 heavy (non-hydrogen) atoms. The normalized spacial score (nSPS) is 12.7. The zero-order chi connectivity index (χ0) is 26.7. The van der Waals surface area contributed by atoms with Crippen LogP contribution in [0, 0.1) is 5.82 Å². The van der Waals surface area contributed by atoms with Crippen LogP contribution in [0.1, 0.15) is 35.6 Å². The lowest BCUT2D eigenvalue weighted by Crippen LogP contribution is -2.27. The summed E-state index contributed by atoms with van der Waals surface area (Å²) in [6, 6.07) is 18.0. The first kappa shape index (κ1) is 26.3. The molecule has 1 amide bonds. The van der Waals surface area contributed by atoms with E-state index in [0.717, 1.165) is 45.0 Å². The Morgan fingerprint density at radius 1 is 1.08 bits per heavy atom. The van der Waals surface area contributed by atoms with E-state index < -0.39 is 21.7 Å². The lowest BCUT2D eigenvalue weighted by molar-refractivity contribution is -0.114. The van der Waals surface area contributed by atoms with Crippen LogP contribution in [0.3, 0.4) is 0 Å². The number of allylic oxidation sites excluding steroid dienone is 1. The van der Waals surface area contributed by atoms with Gasteiger partial charge in [0.1, 0.15) is 5.82 Å². The highest BCUT2D eigenvalue weighted by molar-refractivity contribution is 7.89. The number of halogens is 2.